The van der Waals surface area contributed by atoms with Crippen LogP contribution in [0.3, 0.4) is 0 Å². The fraction of sp³-hybridized carbons (Fsp3) is 0.333. The van der Waals surface area contributed by atoms with Crippen LogP contribution in [0, 0.1) is 0 Å². The molecule has 0 bridgehead atoms. The lowest BCUT2D eigenvalue weighted by atomic mass is 10.2. The smallest absolute Gasteiger partial charge is 0.158 e. The second-order valence-electron chi connectivity index (χ2n) is 3.32. The number of aryl methyl sites for hydroxylation is 1. The highest BCUT2D eigenvalue weighted by molar-refractivity contribution is 9.10. The van der Waals surface area contributed by atoms with E-state index in [0.29, 0.717) is 0 Å². The molecule has 1 aliphatic carbocycles. The summed E-state index contributed by atoms with van der Waals surface area (Å²) in [6, 6.07) is 0. The molecule has 0 radical (unpaired) electrons. The van der Waals surface area contributed by atoms with Gasteiger partial charge >= 0.3 is 0 Å². The third kappa shape index (κ3) is 0.950. The van der Waals surface area contributed by atoms with Crippen LogP contribution in [0.5, 0.6) is 0 Å². The lowest BCUT2D eigenvalue weighted by molar-refractivity contribution is 0.910. The van der Waals surface area contributed by atoms with Crippen LogP contribution < -0.4 is 0 Å². The van der Waals surface area contributed by atoms with Crippen LogP contribution in [0.2, 0.25) is 0 Å². The summed E-state index contributed by atoms with van der Waals surface area (Å²) < 4.78 is 3.01. The standard InChI is InChI=1S/C9H8BrN3/c10-8-4-13-9(11-5-12-13)7-3-1-2-6(7)8/h4-5H,1-3H2. The summed E-state index contributed by atoms with van der Waals surface area (Å²) in [5.41, 5.74) is 3.81. The van der Waals surface area contributed by atoms with E-state index in [-0.39, 0.29) is 0 Å². The number of hydrogen-bond acceptors (Lipinski definition) is 2. The first-order valence-corrected chi connectivity index (χ1v) is 5.15. The van der Waals surface area contributed by atoms with Gasteiger partial charge < -0.3 is 0 Å². The number of aromatic nitrogens is 3. The summed E-state index contributed by atoms with van der Waals surface area (Å²) in [7, 11) is 0. The quantitative estimate of drug-likeness (QED) is 0.702. The van der Waals surface area contributed by atoms with E-state index < -0.39 is 0 Å². The van der Waals surface area contributed by atoms with Gasteiger partial charge in [-0.25, -0.2) is 9.50 Å². The minimum atomic E-state index is 1.02. The van der Waals surface area contributed by atoms with Gasteiger partial charge in [-0.05, 0) is 40.8 Å². The molecule has 2 aromatic heterocycles. The van der Waals surface area contributed by atoms with E-state index in [1.54, 1.807) is 6.33 Å². The number of halogens is 1. The van der Waals surface area contributed by atoms with Crippen LogP contribution in [-0.2, 0) is 12.8 Å². The molecule has 3 nitrogen and oxygen atoms in total. The average Bonchev–Trinajstić information content (AvgIpc) is 2.66. The molecule has 2 heterocycles. The minimum Gasteiger partial charge on any atom is -0.220 e. The molecule has 3 rings (SSSR count). The van der Waals surface area contributed by atoms with Crippen molar-refractivity contribution in [2.75, 3.05) is 0 Å². The van der Waals surface area contributed by atoms with Crippen molar-refractivity contribution < 1.29 is 0 Å². The molecule has 0 spiro atoms. The van der Waals surface area contributed by atoms with Gasteiger partial charge in [0, 0.05) is 16.2 Å². The molecule has 2 aromatic rings. The zero-order valence-electron chi connectivity index (χ0n) is 7.00. The van der Waals surface area contributed by atoms with Crippen molar-refractivity contribution in [1.82, 2.24) is 14.6 Å². The van der Waals surface area contributed by atoms with E-state index in [1.165, 1.54) is 24.0 Å². The molecule has 0 saturated heterocycles. The molecular weight excluding hydrogens is 230 g/mol. The van der Waals surface area contributed by atoms with E-state index >= 15 is 0 Å². The monoisotopic (exact) mass is 237 g/mol. The first-order valence-electron chi connectivity index (χ1n) is 4.36. The molecule has 0 aliphatic heterocycles. The molecule has 4 heteroatoms. The van der Waals surface area contributed by atoms with Gasteiger partial charge in [-0.2, -0.15) is 5.10 Å². The van der Waals surface area contributed by atoms with Gasteiger partial charge in [0.15, 0.2) is 5.65 Å². The Bertz CT molecular complexity index is 475. The summed E-state index contributed by atoms with van der Waals surface area (Å²) in [6.45, 7) is 0. The highest BCUT2D eigenvalue weighted by Crippen LogP contribution is 2.30. The first kappa shape index (κ1) is 7.50. The lowest BCUT2D eigenvalue weighted by Crippen LogP contribution is -1.94. The fourth-order valence-corrected chi connectivity index (χ4v) is 2.63. The first-order chi connectivity index (χ1) is 6.36. The van der Waals surface area contributed by atoms with Gasteiger partial charge in [-0.1, -0.05) is 0 Å². The highest BCUT2D eigenvalue weighted by Gasteiger charge is 2.18. The van der Waals surface area contributed by atoms with Gasteiger partial charge in [0.05, 0.1) is 0 Å². The maximum Gasteiger partial charge on any atom is 0.158 e. The Balaban J connectivity index is 2.48. The molecule has 66 valence electrons. The van der Waals surface area contributed by atoms with Crippen molar-refractivity contribution in [1.29, 1.82) is 0 Å². The van der Waals surface area contributed by atoms with E-state index in [0.717, 1.165) is 16.5 Å². The molecule has 0 amide bonds. The van der Waals surface area contributed by atoms with Gasteiger partial charge in [0.25, 0.3) is 0 Å². The number of hydrogen-bond donors (Lipinski definition) is 0. The summed E-state index contributed by atoms with van der Waals surface area (Å²) in [4.78, 5) is 4.26. The molecular formula is C9H8BrN3. The zero-order valence-corrected chi connectivity index (χ0v) is 8.58. The summed E-state index contributed by atoms with van der Waals surface area (Å²) >= 11 is 3.56. The Hall–Kier alpha value is -0.900. The number of fused-ring (bicyclic) bond motifs is 3. The van der Waals surface area contributed by atoms with Crippen LogP contribution >= 0.6 is 15.9 Å². The van der Waals surface area contributed by atoms with Crippen molar-refractivity contribution in [3.05, 3.63) is 28.1 Å². The van der Waals surface area contributed by atoms with Crippen LogP contribution in [0.4, 0.5) is 0 Å². The Morgan fingerprint density at radius 2 is 2.15 bits per heavy atom. The predicted octanol–water partition coefficient (Wildman–Crippen LogP) is 1.98. The SMILES string of the molecule is Brc1cn2ncnc2c2c1CCC2. The van der Waals surface area contributed by atoms with Crippen LogP contribution in [0.25, 0.3) is 5.65 Å². The Morgan fingerprint density at radius 1 is 1.31 bits per heavy atom. The third-order valence-corrected chi connectivity index (χ3v) is 3.27. The normalized spacial score (nSPS) is 15.2. The van der Waals surface area contributed by atoms with Gasteiger partial charge in [0.1, 0.15) is 6.33 Å². The van der Waals surface area contributed by atoms with Gasteiger partial charge in [-0.15, -0.1) is 0 Å². The number of pyridine rings is 1. The maximum absolute atomic E-state index is 4.26. The van der Waals surface area contributed by atoms with E-state index in [9.17, 15) is 0 Å². The van der Waals surface area contributed by atoms with E-state index in [2.05, 4.69) is 26.0 Å². The zero-order chi connectivity index (χ0) is 8.84. The topological polar surface area (TPSA) is 30.2 Å². The summed E-state index contributed by atoms with van der Waals surface area (Å²) in [5.74, 6) is 0. The van der Waals surface area contributed by atoms with Crippen molar-refractivity contribution in [3.8, 4) is 0 Å². The predicted molar refractivity (Wildman–Crippen MR) is 52.7 cm³/mol. The van der Waals surface area contributed by atoms with Crippen LogP contribution in [0.15, 0.2) is 17.0 Å². The van der Waals surface area contributed by atoms with E-state index in [1.807, 2.05) is 10.7 Å². The molecule has 0 fully saturated rings. The molecule has 0 saturated carbocycles. The fourth-order valence-electron chi connectivity index (χ4n) is 2.00. The van der Waals surface area contributed by atoms with Crippen molar-refractivity contribution in [2.24, 2.45) is 0 Å². The largest absolute Gasteiger partial charge is 0.220 e. The van der Waals surface area contributed by atoms with Crippen LogP contribution in [-0.4, -0.2) is 14.6 Å². The molecule has 1 aliphatic rings. The Kier molecular flexibility index (Phi) is 1.47. The third-order valence-electron chi connectivity index (χ3n) is 2.58. The Morgan fingerprint density at radius 3 is 3.08 bits per heavy atom. The Labute approximate surface area is 83.9 Å². The number of nitrogens with zero attached hydrogens (tertiary/aromatic N) is 3. The molecule has 0 aromatic carbocycles. The summed E-state index contributed by atoms with van der Waals surface area (Å²) in [5, 5.41) is 4.13. The number of rotatable bonds is 0. The second-order valence-corrected chi connectivity index (χ2v) is 4.17. The molecule has 0 unspecified atom stereocenters. The average molecular weight is 238 g/mol. The minimum absolute atomic E-state index is 1.02. The van der Waals surface area contributed by atoms with E-state index in [4.69, 9.17) is 0 Å². The van der Waals surface area contributed by atoms with Gasteiger partial charge in [0.2, 0.25) is 0 Å². The van der Waals surface area contributed by atoms with Crippen LogP contribution in [0.1, 0.15) is 17.5 Å². The van der Waals surface area contributed by atoms with Crippen molar-refractivity contribution >= 4 is 21.6 Å². The van der Waals surface area contributed by atoms with Gasteiger partial charge in [-0.3, -0.25) is 0 Å². The maximum atomic E-state index is 4.26. The highest BCUT2D eigenvalue weighted by atomic mass is 79.9. The van der Waals surface area contributed by atoms with Crippen molar-refractivity contribution in [3.63, 3.8) is 0 Å². The second kappa shape index (κ2) is 2.54. The summed E-state index contributed by atoms with van der Waals surface area (Å²) in [6.07, 6.45) is 7.14. The molecule has 0 N–H and O–H groups in total. The van der Waals surface area contributed by atoms with Crippen molar-refractivity contribution in [2.45, 2.75) is 19.3 Å². The molecule has 13 heavy (non-hydrogen) atoms. The lowest BCUT2D eigenvalue weighted by Gasteiger charge is -2.03. The molecule has 0 atom stereocenters.